The zero-order valence-electron chi connectivity index (χ0n) is 17.8. The second-order valence-electron chi connectivity index (χ2n) is 7.67. The zero-order chi connectivity index (χ0) is 23.3. The lowest BCUT2D eigenvalue weighted by atomic mass is 10.0. The molecule has 0 fully saturated rings. The minimum Gasteiger partial charge on any atom is -0.478 e. The molecule has 0 radical (unpaired) electrons. The molecule has 2 aromatic rings. The fourth-order valence-electron chi connectivity index (χ4n) is 2.97. The van der Waals surface area contributed by atoms with Gasteiger partial charge in [0.05, 0.1) is 18.2 Å². The summed E-state index contributed by atoms with van der Waals surface area (Å²) < 4.78 is 42.9. The summed E-state index contributed by atoms with van der Waals surface area (Å²) in [6.07, 6.45) is 0.0950. The van der Waals surface area contributed by atoms with Gasteiger partial charge in [0.15, 0.2) is 9.84 Å². The summed E-state index contributed by atoms with van der Waals surface area (Å²) in [5, 5.41) is 11.8. The lowest BCUT2D eigenvalue weighted by Crippen LogP contribution is -2.40. The third-order valence-electron chi connectivity index (χ3n) is 4.70. The van der Waals surface area contributed by atoms with Gasteiger partial charge in [0.2, 0.25) is 5.91 Å². The quantitative estimate of drug-likeness (QED) is 0.605. The van der Waals surface area contributed by atoms with Gasteiger partial charge >= 0.3 is 5.97 Å². The molecule has 2 rings (SSSR count). The molecule has 2 aromatic carbocycles. The van der Waals surface area contributed by atoms with Gasteiger partial charge in [-0.3, -0.25) is 4.79 Å². The Labute approximate surface area is 181 Å². The molecule has 0 aromatic heterocycles. The van der Waals surface area contributed by atoms with E-state index in [1.807, 2.05) is 13.8 Å². The van der Waals surface area contributed by atoms with Gasteiger partial charge in [0.1, 0.15) is 16.8 Å². The summed E-state index contributed by atoms with van der Waals surface area (Å²) in [5.41, 5.74) is 1.31. The van der Waals surface area contributed by atoms with Crippen LogP contribution in [0.4, 0.5) is 4.39 Å². The second kappa shape index (κ2) is 10.0. The Hall–Kier alpha value is -2.78. The van der Waals surface area contributed by atoms with E-state index in [1.54, 1.807) is 19.1 Å². The molecule has 0 saturated heterocycles. The predicted molar refractivity (Wildman–Crippen MR) is 113 cm³/mol. The van der Waals surface area contributed by atoms with Gasteiger partial charge in [-0.15, -0.1) is 0 Å². The van der Waals surface area contributed by atoms with Crippen molar-refractivity contribution in [1.82, 2.24) is 5.32 Å². The smallest absolute Gasteiger partial charge is 0.335 e. The molecule has 7 nitrogen and oxygen atoms in total. The lowest BCUT2D eigenvalue weighted by Gasteiger charge is -2.24. The zero-order valence-corrected chi connectivity index (χ0v) is 18.6. The highest BCUT2D eigenvalue weighted by molar-refractivity contribution is 7.90. The molecule has 0 bridgehead atoms. The van der Waals surface area contributed by atoms with Crippen LogP contribution in [0.25, 0.3) is 0 Å². The number of benzene rings is 2. The molecule has 0 saturated carbocycles. The Morgan fingerprint density at radius 2 is 1.71 bits per heavy atom. The third-order valence-corrected chi connectivity index (χ3v) is 5.82. The number of ether oxygens (including phenoxy) is 1. The molecule has 9 heteroatoms. The highest BCUT2D eigenvalue weighted by Gasteiger charge is 2.25. The largest absolute Gasteiger partial charge is 0.478 e. The summed E-state index contributed by atoms with van der Waals surface area (Å²) in [5.74, 6) is -2.42. The second-order valence-corrected chi connectivity index (χ2v) is 9.65. The van der Waals surface area contributed by atoms with Crippen LogP contribution >= 0.6 is 0 Å². The van der Waals surface area contributed by atoms with Crippen molar-refractivity contribution < 1.29 is 32.2 Å². The van der Waals surface area contributed by atoms with E-state index in [1.165, 1.54) is 24.3 Å². The molecule has 0 aliphatic carbocycles. The molecule has 168 valence electrons. The van der Waals surface area contributed by atoms with Crippen LogP contribution in [0.1, 0.15) is 48.3 Å². The predicted octanol–water partition coefficient (Wildman–Crippen LogP) is 3.35. The molecule has 2 atom stereocenters. The van der Waals surface area contributed by atoms with Crippen molar-refractivity contribution >= 4 is 21.7 Å². The van der Waals surface area contributed by atoms with Crippen LogP contribution in [-0.2, 0) is 26.0 Å². The van der Waals surface area contributed by atoms with Gasteiger partial charge in [-0.05, 0) is 48.2 Å². The van der Waals surface area contributed by atoms with Gasteiger partial charge in [-0.2, -0.15) is 0 Å². The molecule has 1 amide bonds. The Balaban J connectivity index is 2.08. The highest BCUT2D eigenvalue weighted by Crippen LogP contribution is 2.19. The van der Waals surface area contributed by atoms with Crippen molar-refractivity contribution in [3.8, 4) is 0 Å². The van der Waals surface area contributed by atoms with Crippen molar-refractivity contribution in [1.29, 1.82) is 0 Å². The van der Waals surface area contributed by atoms with Crippen molar-refractivity contribution in [3.05, 3.63) is 65.0 Å². The Bertz CT molecular complexity index is 1050. The summed E-state index contributed by atoms with van der Waals surface area (Å²) in [6.45, 7) is 5.32. The maximum Gasteiger partial charge on any atom is 0.335 e. The Morgan fingerprint density at radius 3 is 2.23 bits per heavy atom. The first-order chi connectivity index (χ1) is 14.4. The van der Waals surface area contributed by atoms with E-state index < -0.39 is 32.6 Å². The van der Waals surface area contributed by atoms with Crippen LogP contribution in [0, 0.1) is 11.7 Å². The number of carboxylic acids is 1. The standard InChI is InChI=1S/C22H26FNO6S/c1-13(2)20(30-12-15-5-10-18(23)19(11-15)31(4,28)29)21(25)24-14(3)16-6-8-17(9-7-16)22(26)27/h5-11,13-14,20H,12H2,1-4H3,(H,24,25)(H,26,27)/t14-,20?/m0/s1. The molecule has 0 spiro atoms. The number of carbonyl (C=O) groups is 2. The van der Waals surface area contributed by atoms with Gasteiger partial charge in [-0.1, -0.05) is 32.0 Å². The molecule has 0 aliphatic heterocycles. The van der Waals surface area contributed by atoms with Gasteiger partial charge < -0.3 is 15.2 Å². The number of aromatic carboxylic acids is 1. The lowest BCUT2D eigenvalue weighted by molar-refractivity contribution is -0.137. The number of hydrogen-bond donors (Lipinski definition) is 2. The fraction of sp³-hybridized carbons (Fsp3) is 0.364. The number of sulfone groups is 1. The first kappa shape index (κ1) is 24.5. The van der Waals surface area contributed by atoms with Crippen molar-refractivity contribution in [2.45, 2.75) is 44.4 Å². The summed E-state index contributed by atoms with van der Waals surface area (Å²) in [7, 11) is -3.73. The first-order valence-corrected chi connectivity index (χ1v) is 11.5. The van der Waals surface area contributed by atoms with Crippen LogP contribution in [0.5, 0.6) is 0 Å². The van der Waals surface area contributed by atoms with Crippen LogP contribution < -0.4 is 5.32 Å². The van der Waals surface area contributed by atoms with Gasteiger partial charge in [0.25, 0.3) is 0 Å². The topological polar surface area (TPSA) is 110 Å². The van der Waals surface area contributed by atoms with Crippen molar-refractivity contribution in [3.63, 3.8) is 0 Å². The molecular formula is C22H26FNO6S. The van der Waals surface area contributed by atoms with E-state index >= 15 is 0 Å². The minimum atomic E-state index is -3.73. The summed E-state index contributed by atoms with van der Waals surface area (Å²) in [6, 6.07) is 9.47. The number of nitrogens with one attached hydrogen (secondary N) is 1. The van der Waals surface area contributed by atoms with Gasteiger partial charge in [0, 0.05) is 6.26 Å². The van der Waals surface area contributed by atoms with E-state index in [9.17, 15) is 22.4 Å². The molecule has 31 heavy (non-hydrogen) atoms. The monoisotopic (exact) mass is 451 g/mol. The van der Waals surface area contributed by atoms with Crippen LogP contribution in [0.2, 0.25) is 0 Å². The maximum atomic E-state index is 13.8. The molecular weight excluding hydrogens is 425 g/mol. The Kier molecular flexibility index (Phi) is 7.91. The average Bonchev–Trinajstić information content (AvgIpc) is 2.68. The fourth-order valence-corrected chi connectivity index (χ4v) is 3.76. The molecule has 2 N–H and O–H groups in total. The third kappa shape index (κ3) is 6.60. The number of amides is 1. The van der Waals surface area contributed by atoms with Crippen LogP contribution in [0.15, 0.2) is 47.4 Å². The highest BCUT2D eigenvalue weighted by atomic mass is 32.2. The molecule has 0 aliphatic rings. The maximum absolute atomic E-state index is 13.8. The van der Waals surface area contributed by atoms with Crippen molar-refractivity contribution in [2.75, 3.05) is 6.26 Å². The number of carbonyl (C=O) groups excluding carboxylic acids is 1. The number of rotatable bonds is 9. The number of halogens is 1. The number of carboxylic acid groups (broad SMARTS) is 1. The SMILES string of the molecule is CC(C)C(OCc1ccc(F)c(S(C)(=O)=O)c1)C(=O)N[C@@H](C)c1ccc(C(=O)O)cc1. The van der Waals surface area contributed by atoms with Gasteiger partial charge in [-0.25, -0.2) is 17.6 Å². The van der Waals surface area contributed by atoms with Crippen LogP contribution in [-0.4, -0.2) is 37.8 Å². The normalized spacial score (nSPS) is 13.6. The molecule has 0 heterocycles. The van der Waals surface area contributed by atoms with E-state index in [2.05, 4.69) is 5.32 Å². The van der Waals surface area contributed by atoms with E-state index in [-0.39, 0.29) is 30.0 Å². The molecule has 1 unspecified atom stereocenters. The van der Waals surface area contributed by atoms with Crippen molar-refractivity contribution in [2.24, 2.45) is 5.92 Å². The van der Waals surface area contributed by atoms with E-state index in [0.717, 1.165) is 17.9 Å². The Morgan fingerprint density at radius 1 is 1.10 bits per heavy atom. The first-order valence-electron chi connectivity index (χ1n) is 9.64. The average molecular weight is 452 g/mol. The summed E-state index contributed by atoms with van der Waals surface area (Å²) in [4.78, 5) is 23.3. The van der Waals surface area contributed by atoms with E-state index in [4.69, 9.17) is 9.84 Å². The minimum absolute atomic E-state index is 0.0687. The number of hydrogen-bond acceptors (Lipinski definition) is 5. The summed E-state index contributed by atoms with van der Waals surface area (Å²) >= 11 is 0. The van der Waals surface area contributed by atoms with Crippen LogP contribution in [0.3, 0.4) is 0 Å². The van der Waals surface area contributed by atoms with E-state index in [0.29, 0.717) is 5.56 Å².